The maximum absolute atomic E-state index is 2.43. The first-order valence-corrected chi connectivity index (χ1v) is 46.4. The van der Waals surface area contributed by atoms with Crippen molar-refractivity contribution in [3.63, 3.8) is 0 Å². The van der Waals surface area contributed by atoms with Crippen LogP contribution in [0.2, 0.25) is 0 Å². The van der Waals surface area contributed by atoms with Crippen molar-refractivity contribution in [2.75, 3.05) is 0 Å². The van der Waals surface area contributed by atoms with Crippen LogP contribution in [0.5, 0.6) is 0 Å². The molecule has 0 heteroatoms. The molecular weight excluding hydrogens is 1540 g/mol. The second-order valence-corrected chi connectivity index (χ2v) is 39.5. The molecule has 0 aliphatic heterocycles. The lowest BCUT2D eigenvalue weighted by Crippen LogP contribution is -2.15. The van der Waals surface area contributed by atoms with E-state index in [-0.39, 0.29) is 21.7 Å². The molecule has 22 rings (SSSR count). The van der Waals surface area contributed by atoms with Gasteiger partial charge in [0.05, 0.1) is 0 Å². The molecule has 0 spiro atoms. The van der Waals surface area contributed by atoms with Crippen LogP contribution >= 0.6 is 0 Å². The lowest BCUT2D eigenvalue weighted by Gasteiger charge is -2.23. The Morgan fingerprint density at radius 2 is 0.336 bits per heavy atom. The highest BCUT2D eigenvalue weighted by Crippen LogP contribution is 2.56. The third kappa shape index (κ3) is 15.5. The lowest BCUT2D eigenvalue weighted by atomic mass is 9.80. The molecule has 0 heterocycles. The van der Waals surface area contributed by atoms with Gasteiger partial charge in [-0.25, -0.2) is 0 Å². The van der Waals surface area contributed by atoms with Crippen LogP contribution in [0, 0.1) is 0 Å². The van der Waals surface area contributed by atoms with Gasteiger partial charge in [0.15, 0.2) is 0 Å². The van der Waals surface area contributed by atoms with Crippen LogP contribution < -0.4 is 0 Å². The minimum absolute atomic E-state index is 0.0106. The Morgan fingerprint density at radius 3 is 0.609 bits per heavy atom. The van der Waals surface area contributed by atoms with Gasteiger partial charge in [0.1, 0.15) is 0 Å². The molecule has 0 aromatic heterocycles. The van der Waals surface area contributed by atoms with Gasteiger partial charge in [-0.05, 0) is 294 Å². The molecule has 128 heavy (non-hydrogen) atoms. The van der Waals surface area contributed by atoms with E-state index in [0.29, 0.717) is 23.7 Å². The monoisotopic (exact) mass is 1650 g/mol. The maximum Gasteiger partial charge on any atom is 0.0159 e. The van der Waals surface area contributed by atoms with Crippen molar-refractivity contribution in [2.45, 2.75) is 156 Å². The van der Waals surface area contributed by atoms with Crippen LogP contribution in [0.1, 0.15) is 201 Å². The van der Waals surface area contributed by atoms with Gasteiger partial charge in [-0.1, -0.05) is 450 Å². The highest BCUT2D eigenvalue weighted by atomic mass is 14.4. The minimum atomic E-state index is -0.0447. The molecule has 4 aliphatic rings. The predicted octanol–water partition coefficient (Wildman–Crippen LogP) is 36.1. The zero-order valence-corrected chi connectivity index (χ0v) is 77.3. The first-order chi connectivity index (χ1) is 61.8. The highest BCUT2D eigenvalue weighted by molar-refractivity contribution is 6.00. The molecule has 0 atom stereocenters. The highest BCUT2D eigenvalue weighted by Gasteiger charge is 2.40. The third-order valence-electron chi connectivity index (χ3n) is 28.7. The van der Waals surface area contributed by atoms with Gasteiger partial charge >= 0.3 is 0 Å². The summed E-state index contributed by atoms with van der Waals surface area (Å²) >= 11 is 0. The van der Waals surface area contributed by atoms with Crippen molar-refractivity contribution in [1.82, 2.24) is 0 Å². The second-order valence-electron chi connectivity index (χ2n) is 39.5. The van der Waals surface area contributed by atoms with E-state index >= 15 is 0 Å². The van der Waals surface area contributed by atoms with Crippen molar-refractivity contribution in [3.05, 3.63) is 455 Å². The maximum atomic E-state index is 2.43. The summed E-state index contributed by atoms with van der Waals surface area (Å²) in [7, 11) is 0. The van der Waals surface area contributed by atoms with Crippen LogP contribution in [-0.2, 0) is 21.7 Å². The fraction of sp³-hybridized carbons (Fsp3) is 0.188. The number of rotatable bonds is 12. The van der Waals surface area contributed by atoms with Gasteiger partial charge in [0, 0.05) is 21.7 Å². The van der Waals surface area contributed by atoms with Crippen molar-refractivity contribution in [3.8, 4) is 134 Å². The van der Waals surface area contributed by atoms with Crippen LogP contribution in [-0.4, -0.2) is 0 Å². The van der Waals surface area contributed by atoms with E-state index < -0.39 is 0 Å². The molecule has 0 amide bonds. The van der Waals surface area contributed by atoms with E-state index in [9.17, 15) is 0 Å². The summed E-state index contributed by atoms with van der Waals surface area (Å²) in [5.74, 6) is 2.18. The standard InChI is InChI=1S/2C34H30.2C30H28/c1-22(2)24-11-7-12-25(19-24)26-15-17-30-31-18-16-27(21-33(31)34(3,4)32(30)20-26)29-14-8-10-23-9-5-6-13-28(23)29;1-22(2)23-12-14-24(15-13-23)26-16-18-30-31-19-17-27(21-33(31)34(3,4)32(30)20-26)29-11-7-9-25-8-5-6-10-28(25)29;1-20(2)22-11-8-12-23(17-22)25-14-16-27-26-15-13-24(21-9-6-5-7-10-21)18-28(26)30(3,4)29(27)19-25;1-20(2)21-10-12-23(13-11-21)25-15-17-27-26-16-14-24(22-8-6-5-7-9-22)18-28(26)30(3,4)29(27)19-25/h2*5-22H,1-4H3;2*5-20H,1-4H3. The second kappa shape index (κ2) is 33.7. The Labute approximate surface area is 760 Å². The van der Waals surface area contributed by atoms with Gasteiger partial charge in [-0.3, -0.25) is 0 Å². The molecule has 18 aromatic rings. The predicted molar refractivity (Wildman–Crippen MR) is 551 cm³/mol. The average Bonchev–Trinajstić information content (AvgIpc) is 1.59. The van der Waals surface area contributed by atoms with Crippen molar-refractivity contribution in [1.29, 1.82) is 0 Å². The summed E-state index contributed by atoms with van der Waals surface area (Å²) in [5.41, 5.74) is 48.5. The molecule has 0 radical (unpaired) electrons. The molecular formula is C128H116. The third-order valence-corrected chi connectivity index (χ3v) is 28.7. The van der Waals surface area contributed by atoms with E-state index in [1.165, 1.54) is 222 Å². The van der Waals surface area contributed by atoms with E-state index in [1.54, 1.807) is 0 Å². The van der Waals surface area contributed by atoms with E-state index in [0.717, 1.165) is 0 Å². The van der Waals surface area contributed by atoms with Crippen molar-refractivity contribution >= 4 is 21.5 Å². The van der Waals surface area contributed by atoms with Gasteiger partial charge in [0.2, 0.25) is 0 Å². The fourth-order valence-electron chi connectivity index (χ4n) is 20.9. The van der Waals surface area contributed by atoms with Gasteiger partial charge in [-0.2, -0.15) is 0 Å². The Balaban J connectivity index is 0.000000111. The summed E-state index contributed by atoms with van der Waals surface area (Å²) in [5, 5.41) is 5.20. The van der Waals surface area contributed by atoms with Gasteiger partial charge < -0.3 is 0 Å². The molecule has 0 N–H and O–H groups in total. The summed E-state index contributed by atoms with van der Waals surface area (Å²) in [4.78, 5) is 0. The Morgan fingerprint density at radius 1 is 0.141 bits per heavy atom. The Hall–Kier alpha value is -13.5. The van der Waals surface area contributed by atoms with Gasteiger partial charge in [-0.15, -0.1) is 0 Å². The zero-order valence-electron chi connectivity index (χ0n) is 77.3. The summed E-state index contributed by atoms with van der Waals surface area (Å²) < 4.78 is 0. The fourth-order valence-corrected chi connectivity index (χ4v) is 20.9. The zero-order chi connectivity index (χ0) is 88.7. The summed E-state index contributed by atoms with van der Waals surface area (Å²) in [6, 6.07) is 144. The summed E-state index contributed by atoms with van der Waals surface area (Å²) in [6.07, 6.45) is 0. The molecule has 0 unspecified atom stereocenters. The number of fused-ring (bicyclic) bond motifs is 14. The first-order valence-electron chi connectivity index (χ1n) is 46.4. The molecule has 0 fully saturated rings. The number of hydrogen-bond acceptors (Lipinski definition) is 0. The van der Waals surface area contributed by atoms with Crippen LogP contribution in [0.15, 0.2) is 388 Å². The Bertz CT molecular complexity index is 7240. The van der Waals surface area contributed by atoms with Crippen LogP contribution in [0.4, 0.5) is 0 Å². The van der Waals surface area contributed by atoms with Gasteiger partial charge in [0.25, 0.3) is 0 Å². The van der Waals surface area contributed by atoms with Crippen LogP contribution in [0.3, 0.4) is 0 Å². The largest absolute Gasteiger partial charge is 0.0622 e. The lowest BCUT2D eigenvalue weighted by molar-refractivity contribution is 0.660. The molecule has 628 valence electrons. The van der Waals surface area contributed by atoms with E-state index in [1.807, 2.05) is 0 Å². The number of benzene rings is 18. The Kier molecular flexibility index (Phi) is 22.1. The molecule has 4 aliphatic carbocycles. The van der Waals surface area contributed by atoms with Crippen LogP contribution in [0.25, 0.3) is 155 Å². The van der Waals surface area contributed by atoms with Crippen molar-refractivity contribution < 1.29 is 0 Å². The molecule has 0 saturated heterocycles. The van der Waals surface area contributed by atoms with E-state index in [4.69, 9.17) is 0 Å². The smallest absolute Gasteiger partial charge is 0.0159 e. The SMILES string of the molecule is CC(C)c1ccc(-c2ccc3c(c2)C(C)(C)c2cc(-c4cccc5ccccc45)ccc2-3)cc1.CC(C)c1ccc(-c2ccc3c(c2)C(C)(C)c2cc(-c4ccccc4)ccc2-3)cc1.CC(C)c1cccc(-c2ccc3c(c2)C(C)(C)c2cc(-c4cccc5ccccc45)ccc2-3)c1.CC(C)c1cccc(-c2ccc3c(c2)C(C)(C)c2cc(-c4ccccc4)ccc2-3)c1. The quantitative estimate of drug-likeness (QED) is 0.114. The molecule has 0 saturated carbocycles. The average molecular weight is 1650 g/mol. The number of hydrogen-bond donors (Lipinski definition) is 0. The first kappa shape index (κ1) is 84.0. The minimum Gasteiger partial charge on any atom is -0.0622 e. The molecule has 18 aromatic carbocycles. The normalized spacial score (nSPS) is 13.8. The topological polar surface area (TPSA) is 0 Å². The molecule has 0 bridgehead atoms. The summed E-state index contributed by atoms with van der Waals surface area (Å²) in [6.45, 7) is 36.9. The van der Waals surface area contributed by atoms with Crippen molar-refractivity contribution in [2.24, 2.45) is 0 Å². The van der Waals surface area contributed by atoms with E-state index in [2.05, 4.69) is 499 Å². The molecule has 0 nitrogen and oxygen atoms in total.